The summed E-state index contributed by atoms with van der Waals surface area (Å²) in [6.45, 7) is 3.62. The molecule has 0 bridgehead atoms. The molecule has 0 radical (unpaired) electrons. The zero-order valence-corrected chi connectivity index (χ0v) is 9.31. The van der Waals surface area contributed by atoms with Crippen LogP contribution in [-0.2, 0) is 4.74 Å². The van der Waals surface area contributed by atoms with E-state index in [2.05, 4.69) is 12.1 Å². The van der Waals surface area contributed by atoms with Crippen molar-refractivity contribution in [1.29, 1.82) is 0 Å². The van der Waals surface area contributed by atoms with E-state index >= 15 is 0 Å². The fourth-order valence-corrected chi connectivity index (χ4v) is 2.07. The quantitative estimate of drug-likeness (QED) is 0.806. The molecule has 15 heavy (non-hydrogen) atoms. The smallest absolute Gasteiger partial charge is 0.0865 e. The molecule has 82 valence electrons. The van der Waals surface area contributed by atoms with Gasteiger partial charge in [0.2, 0.25) is 0 Å². The Morgan fingerprint density at radius 1 is 1.20 bits per heavy atom. The van der Waals surface area contributed by atoms with E-state index in [1.54, 1.807) is 0 Å². The summed E-state index contributed by atoms with van der Waals surface area (Å²) in [4.78, 5) is 0. The molecule has 1 aliphatic rings. The number of hydrogen-bond acceptors (Lipinski definition) is 2. The van der Waals surface area contributed by atoms with Crippen molar-refractivity contribution in [2.75, 3.05) is 0 Å². The number of aliphatic hydroxyl groups is 1. The van der Waals surface area contributed by atoms with E-state index in [1.807, 2.05) is 32.0 Å². The van der Waals surface area contributed by atoms with Crippen LogP contribution in [0.15, 0.2) is 30.3 Å². The van der Waals surface area contributed by atoms with E-state index in [9.17, 15) is 5.11 Å². The molecule has 1 heterocycles. The SMILES string of the molecule is CC(C)(O)[C@H]1CC[C@H](c2ccccc2)O1. The minimum atomic E-state index is -0.733. The van der Waals surface area contributed by atoms with Crippen molar-refractivity contribution in [3.8, 4) is 0 Å². The maximum Gasteiger partial charge on any atom is 0.0865 e. The highest BCUT2D eigenvalue weighted by molar-refractivity contribution is 5.18. The highest BCUT2D eigenvalue weighted by Gasteiger charge is 2.35. The molecule has 2 nitrogen and oxygen atoms in total. The zero-order valence-electron chi connectivity index (χ0n) is 9.31. The molecular weight excluding hydrogens is 188 g/mol. The first-order valence-electron chi connectivity index (χ1n) is 5.50. The fourth-order valence-electron chi connectivity index (χ4n) is 2.07. The lowest BCUT2D eigenvalue weighted by atomic mass is 9.98. The predicted octanol–water partition coefficient (Wildman–Crippen LogP) is 2.68. The molecule has 0 amide bonds. The summed E-state index contributed by atoms with van der Waals surface area (Å²) in [5.41, 5.74) is 0.480. The van der Waals surface area contributed by atoms with Gasteiger partial charge < -0.3 is 9.84 Å². The summed E-state index contributed by atoms with van der Waals surface area (Å²) < 4.78 is 5.86. The van der Waals surface area contributed by atoms with Crippen LogP contribution in [-0.4, -0.2) is 16.8 Å². The van der Waals surface area contributed by atoms with Crippen LogP contribution in [0, 0.1) is 0 Å². The normalized spacial score (nSPS) is 26.9. The van der Waals surface area contributed by atoms with Gasteiger partial charge in [0.15, 0.2) is 0 Å². The maximum atomic E-state index is 9.86. The van der Waals surface area contributed by atoms with Crippen LogP contribution in [0.1, 0.15) is 38.4 Å². The molecule has 1 N–H and O–H groups in total. The molecule has 1 saturated heterocycles. The highest BCUT2D eigenvalue weighted by atomic mass is 16.5. The van der Waals surface area contributed by atoms with Crippen LogP contribution >= 0.6 is 0 Å². The Labute approximate surface area is 90.9 Å². The van der Waals surface area contributed by atoms with Crippen molar-refractivity contribution < 1.29 is 9.84 Å². The fraction of sp³-hybridized carbons (Fsp3) is 0.538. The number of hydrogen-bond donors (Lipinski definition) is 1. The van der Waals surface area contributed by atoms with Gasteiger partial charge in [0.05, 0.1) is 17.8 Å². The van der Waals surface area contributed by atoms with Gasteiger partial charge in [-0.25, -0.2) is 0 Å². The van der Waals surface area contributed by atoms with Crippen molar-refractivity contribution in [3.63, 3.8) is 0 Å². The second-order valence-electron chi connectivity index (χ2n) is 4.76. The molecule has 0 saturated carbocycles. The molecule has 2 heteroatoms. The van der Waals surface area contributed by atoms with Crippen LogP contribution < -0.4 is 0 Å². The van der Waals surface area contributed by atoms with Crippen LogP contribution in [0.3, 0.4) is 0 Å². The molecule has 0 unspecified atom stereocenters. The topological polar surface area (TPSA) is 29.5 Å². The van der Waals surface area contributed by atoms with Crippen LogP contribution in [0.4, 0.5) is 0 Å². The molecule has 1 aliphatic heterocycles. The van der Waals surface area contributed by atoms with E-state index < -0.39 is 5.60 Å². The van der Waals surface area contributed by atoms with E-state index in [0.717, 1.165) is 12.8 Å². The third-order valence-electron chi connectivity index (χ3n) is 2.98. The van der Waals surface area contributed by atoms with Gasteiger partial charge in [0.25, 0.3) is 0 Å². The van der Waals surface area contributed by atoms with Gasteiger partial charge in [-0.05, 0) is 32.3 Å². The first-order valence-corrected chi connectivity index (χ1v) is 5.50. The predicted molar refractivity (Wildman–Crippen MR) is 59.6 cm³/mol. The van der Waals surface area contributed by atoms with Gasteiger partial charge in [0, 0.05) is 0 Å². The van der Waals surface area contributed by atoms with Gasteiger partial charge in [0.1, 0.15) is 0 Å². The lowest BCUT2D eigenvalue weighted by Gasteiger charge is -2.25. The summed E-state index contributed by atoms with van der Waals surface area (Å²) in [7, 11) is 0. The van der Waals surface area contributed by atoms with Gasteiger partial charge in [-0.2, -0.15) is 0 Å². The molecule has 2 atom stereocenters. The molecule has 2 rings (SSSR count). The van der Waals surface area contributed by atoms with Crippen molar-refractivity contribution >= 4 is 0 Å². The van der Waals surface area contributed by atoms with Gasteiger partial charge in [-0.3, -0.25) is 0 Å². The van der Waals surface area contributed by atoms with E-state index in [1.165, 1.54) is 5.56 Å². The number of benzene rings is 1. The Kier molecular flexibility index (Phi) is 2.81. The molecular formula is C13H18O2. The highest BCUT2D eigenvalue weighted by Crippen LogP contribution is 2.36. The Morgan fingerprint density at radius 2 is 1.87 bits per heavy atom. The summed E-state index contributed by atoms with van der Waals surface area (Å²) >= 11 is 0. The monoisotopic (exact) mass is 206 g/mol. The molecule has 0 aliphatic carbocycles. The molecule has 1 fully saturated rings. The van der Waals surface area contributed by atoms with Crippen LogP contribution in [0.5, 0.6) is 0 Å². The number of ether oxygens (including phenoxy) is 1. The third kappa shape index (κ3) is 2.39. The second-order valence-corrected chi connectivity index (χ2v) is 4.76. The van der Waals surface area contributed by atoms with Crippen molar-refractivity contribution in [2.24, 2.45) is 0 Å². The Balaban J connectivity index is 2.05. The van der Waals surface area contributed by atoms with Gasteiger partial charge >= 0.3 is 0 Å². The average molecular weight is 206 g/mol. The standard InChI is InChI=1S/C13H18O2/c1-13(2,14)12-9-8-11(15-12)10-6-4-3-5-7-10/h3-7,11-12,14H,8-9H2,1-2H3/t11-,12-/m1/s1. The summed E-state index contributed by atoms with van der Waals surface area (Å²) in [5.74, 6) is 0. The summed E-state index contributed by atoms with van der Waals surface area (Å²) in [6.07, 6.45) is 2.05. The lowest BCUT2D eigenvalue weighted by Crippen LogP contribution is -2.35. The zero-order chi connectivity index (χ0) is 10.9. The number of rotatable bonds is 2. The second kappa shape index (κ2) is 3.95. The van der Waals surface area contributed by atoms with E-state index in [0.29, 0.717) is 0 Å². The van der Waals surface area contributed by atoms with Crippen molar-refractivity contribution in [2.45, 2.75) is 44.5 Å². The minimum absolute atomic E-state index is 0.0392. The van der Waals surface area contributed by atoms with Gasteiger partial charge in [-0.15, -0.1) is 0 Å². The molecule has 0 spiro atoms. The first-order chi connectivity index (χ1) is 7.07. The molecule has 1 aromatic rings. The van der Waals surface area contributed by atoms with Crippen LogP contribution in [0.25, 0.3) is 0 Å². The van der Waals surface area contributed by atoms with E-state index in [4.69, 9.17) is 4.74 Å². The Hall–Kier alpha value is -0.860. The average Bonchev–Trinajstić information content (AvgIpc) is 2.67. The molecule has 0 aromatic heterocycles. The summed E-state index contributed by atoms with van der Waals surface area (Å²) in [6, 6.07) is 10.2. The lowest BCUT2D eigenvalue weighted by molar-refractivity contribution is -0.0834. The third-order valence-corrected chi connectivity index (χ3v) is 2.98. The van der Waals surface area contributed by atoms with Gasteiger partial charge in [-0.1, -0.05) is 30.3 Å². The van der Waals surface area contributed by atoms with E-state index in [-0.39, 0.29) is 12.2 Å². The molecule has 1 aromatic carbocycles. The first kappa shape index (κ1) is 10.7. The maximum absolute atomic E-state index is 9.86. The largest absolute Gasteiger partial charge is 0.388 e. The summed E-state index contributed by atoms with van der Waals surface area (Å²) in [5, 5.41) is 9.86. The Bertz CT molecular complexity index is 313. The Morgan fingerprint density at radius 3 is 2.40 bits per heavy atom. The van der Waals surface area contributed by atoms with Crippen molar-refractivity contribution in [1.82, 2.24) is 0 Å². The van der Waals surface area contributed by atoms with Crippen LogP contribution in [0.2, 0.25) is 0 Å². The minimum Gasteiger partial charge on any atom is -0.388 e. The van der Waals surface area contributed by atoms with Crippen molar-refractivity contribution in [3.05, 3.63) is 35.9 Å².